The number of unbranched alkanes of at least 4 members (excludes halogenated alkanes) is 33. The fourth-order valence-corrected chi connectivity index (χ4v) is 9.80. The molecule has 0 aliphatic carbocycles. The van der Waals surface area contributed by atoms with Gasteiger partial charge in [0, 0.05) is 46.9 Å². The van der Waals surface area contributed by atoms with E-state index in [2.05, 4.69) is 72.0 Å². The molecule has 0 spiro atoms. The van der Waals surface area contributed by atoms with Gasteiger partial charge in [-0.2, -0.15) is 0 Å². The minimum absolute atomic E-state index is 1.18. The van der Waals surface area contributed by atoms with E-state index in [-0.39, 0.29) is 0 Å². The third-order valence-electron chi connectivity index (χ3n) is 11.8. The van der Waals surface area contributed by atoms with Crippen LogP contribution < -0.4 is 9.13 Å². The normalized spacial score (nSPS) is 11.5. The molecular formula is C52H94N2S2+2. The summed E-state index contributed by atoms with van der Waals surface area (Å²) in [5.74, 6) is 2.53. The van der Waals surface area contributed by atoms with Gasteiger partial charge in [0.1, 0.15) is 13.1 Å². The Kier molecular flexibility index (Phi) is 37.2. The summed E-state index contributed by atoms with van der Waals surface area (Å²) in [5.41, 5.74) is 0. The van der Waals surface area contributed by atoms with E-state index in [0.717, 1.165) is 0 Å². The molecule has 0 fully saturated rings. The van der Waals surface area contributed by atoms with Crippen LogP contribution in [0.5, 0.6) is 0 Å². The lowest BCUT2D eigenvalue weighted by Gasteiger charge is -2.04. The number of pyridine rings is 2. The van der Waals surface area contributed by atoms with Crippen LogP contribution in [0.4, 0.5) is 0 Å². The molecule has 0 N–H and O–H groups in total. The molecular weight excluding hydrogens is 717 g/mol. The molecule has 0 bridgehead atoms. The van der Waals surface area contributed by atoms with Gasteiger partial charge in [-0.3, -0.25) is 0 Å². The van der Waals surface area contributed by atoms with Crippen LogP contribution in [0.25, 0.3) is 0 Å². The summed E-state index contributed by atoms with van der Waals surface area (Å²) in [6, 6.07) is 9.34. The highest BCUT2D eigenvalue weighted by atomic mass is 32.2. The van der Waals surface area contributed by atoms with Crippen molar-refractivity contribution in [2.24, 2.45) is 0 Å². The monoisotopic (exact) mass is 811 g/mol. The van der Waals surface area contributed by atoms with Crippen LogP contribution in [0.1, 0.15) is 245 Å². The molecule has 2 heterocycles. The van der Waals surface area contributed by atoms with E-state index in [9.17, 15) is 0 Å². The lowest BCUT2D eigenvalue weighted by molar-refractivity contribution is -0.697. The first kappa shape index (κ1) is 51.1. The van der Waals surface area contributed by atoms with Gasteiger partial charge in [-0.05, 0) is 37.2 Å². The molecule has 2 aromatic rings. The highest BCUT2D eigenvalue weighted by Crippen LogP contribution is 2.21. The summed E-state index contributed by atoms with van der Waals surface area (Å²) in [6.45, 7) is 6.96. The second-order valence-electron chi connectivity index (χ2n) is 17.3. The maximum atomic E-state index is 2.39. The molecule has 0 aliphatic rings. The highest BCUT2D eigenvalue weighted by molar-refractivity contribution is 7.99. The summed E-state index contributed by atoms with van der Waals surface area (Å²) < 4.78 is 4.78. The largest absolute Gasteiger partial charge is 0.205 e. The van der Waals surface area contributed by atoms with Crippen LogP contribution >= 0.6 is 23.5 Å². The maximum Gasteiger partial charge on any atom is 0.169 e. The van der Waals surface area contributed by atoms with Crippen molar-refractivity contribution < 1.29 is 9.13 Å². The first-order valence-corrected chi connectivity index (χ1v) is 27.0. The molecule has 0 amide bonds. The first-order valence-electron chi connectivity index (χ1n) is 25.1. The number of thioether (sulfide) groups is 2. The molecule has 2 rings (SSSR count). The van der Waals surface area contributed by atoms with E-state index < -0.39 is 0 Å². The van der Waals surface area contributed by atoms with Crippen LogP contribution in [0.3, 0.4) is 0 Å². The Morgan fingerprint density at radius 1 is 0.286 bits per heavy atom. The number of aryl methyl sites for hydroxylation is 2. The maximum absolute atomic E-state index is 2.39. The average Bonchev–Trinajstić information content (AvgIpc) is 3.22. The summed E-state index contributed by atoms with van der Waals surface area (Å²) >= 11 is 4.09. The van der Waals surface area contributed by atoms with Crippen molar-refractivity contribution in [3.05, 3.63) is 49.1 Å². The van der Waals surface area contributed by atoms with E-state index in [1.807, 2.05) is 23.5 Å². The molecule has 322 valence electrons. The number of aromatic nitrogens is 2. The molecule has 0 radical (unpaired) electrons. The Hall–Kier alpha value is -1.00. The first-order chi connectivity index (χ1) is 27.8. The van der Waals surface area contributed by atoms with Crippen molar-refractivity contribution in [2.75, 3.05) is 11.5 Å². The van der Waals surface area contributed by atoms with Crippen molar-refractivity contribution in [1.29, 1.82) is 0 Å². The Balaban J connectivity index is 1.29. The molecule has 2 nitrogen and oxygen atoms in total. The van der Waals surface area contributed by atoms with Gasteiger partial charge >= 0.3 is 0 Å². The molecule has 0 unspecified atom stereocenters. The predicted octanol–water partition coefficient (Wildman–Crippen LogP) is 17.2. The zero-order chi connectivity index (χ0) is 39.7. The second kappa shape index (κ2) is 40.8. The molecule has 0 atom stereocenters. The third kappa shape index (κ3) is 32.9. The van der Waals surface area contributed by atoms with Crippen LogP contribution in [0.15, 0.2) is 58.8 Å². The van der Waals surface area contributed by atoms with Gasteiger partial charge in [-0.25, -0.2) is 9.13 Å². The zero-order valence-corrected chi connectivity index (χ0v) is 39.2. The summed E-state index contributed by atoms with van der Waals surface area (Å²) in [6.07, 6.45) is 60.4. The third-order valence-corrected chi connectivity index (χ3v) is 14.0. The Morgan fingerprint density at radius 3 is 0.750 bits per heavy atom. The van der Waals surface area contributed by atoms with E-state index in [1.54, 1.807) is 0 Å². The molecule has 0 saturated carbocycles. The minimum atomic E-state index is 1.18. The lowest BCUT2D eigenvalue weighted by Crippen LogP contribution is -2.32. The standard InChI is InChI=1S/C52H94N2S2/c1-3-5-7-9-11-13-15-17-19-21-23-27-31-35-43-53-45-39-51(40-46-53)55-49-37-33-29-25-26-30-34-38-50-56-52-41-47-54(48-42-52)44-36-32-28-24-22-20-18-16-14-12-10-8-6-4-2/h39-42,45-48H,3-38,43-44,49-50H2,1-2H3/q+2. The van der Waals surface area contributed by atoms with Gasteiger partial charge in [0.15, 0.2) is 24.8 Å². The van der Waals surface area contributed by atoms with Crippen molar-refractivity contribution in [2.45, 2.75) is 268 Å². The molecule has 0 saturated heterocycles. The highest BCUT2D eigenvalue weighted by Gasteiger charge is 2.04. The average molecular weight is 811 g/mol. The Morgan fingerprint density at radius 2 is 0.500 bits per heavy atom. The number of hydrogen-bond donors (Lipinski definition) is 0. The molecule has 0 aliphatic heterocycles. The fourth-order valence-electron chi connectivity index (χ4n) is 8.00. The van der Waals surface area contributed by atoms with E-state index in [4.69, 9.17) is 0 Å². The molecule has 0 aromatic carbocycles. The quantitative estimate of drug-likeness (QED) is 0.0374. The van der Waals surface area contributed by atoms with Gasteiger partial charge in [0.25, 0.3) is 0 Å². The summed E-state index contributed by atoms with van der Waals surface area (Å²) in [4.78, 5) is 2.88. The van der Waals surface area contributed by atoms with Crippen LogP contribution in [-0.4, -0.2) is 11.5 Å². The zero-order valence-electron chi connectivity index (χ0n) is 37.6. The van der Waals surface area contributed by atoms with Crippen molar-refractivity contribution in [3.63, 3.8) is 0 Å². The van der Waals surface area contributed by atoms with E-state index >= 15 is 0 Å². The van der Waals surface area contributed by atoms with Crippen LogP contribution in [0, 0.1) is 0 Å². The van der Waals surface area contributed by atoms with Crippen molar-refractivity contribution >= 4 is 23.5 Å². The molecule has 2 aromatic heterocycles. The van der Waals surface area contributed by atoms with Gasteiger partial charge in [-0.1, -0.05) is 206 Å². The number of hydrogen-bond acceptors (Lipinski definition) is 2. The fraction of sp³-hybridized carbons (Fsp3) is 0.808. The van der Waals surface area contributed by atoms with Gasteiger partial charge in [-0.15, -0.1) is 23.5 Å². The second-order valence-corrected chi connectivity index (χ2v) is 19.6. The number of rotatable bonds is 43. The van der Waals surface area contributed by atoms with Crippen LogP contribution in [0.2, 0.25) is 0 Å². The van der Waals surface area contributed by atoms with Crippen molar-refractivity contribution in [3.8, 4) is 0 Å². The Bertz CT molecular complexity index is 970. The van der Waals surface area contributed by atoms with Gasteiger partial charge in [0.2, 0.25) is 0 Å². The molecule has 56 heavy (non-hydrogen) atoms. The van der Waals surface area contributed by atoms with Crippen molar-refractivity contribution in [1.82, 2.24) is 0 Å². The topological polar surface area (TPSA) is 7.76 Å². The smallest absolute Gasteiger partial charge is 0.169 e. The lowest BCUT2D eigenvalue weighted by atomic mass is 10.0. The van der Waals surface area contributed by atoms with E-state index in [0.29, 0.717) is 0 Å². The van der Waals surface area contributed by atoms with Gasteiger partial charge < -0.3 is 0 Å². The van der Waals surface area contributed by atoms with E-state index in [1.165, 1.54) is 266 Å². The minimum Gasteiger partial charge on any atom is -0.205 e. The van der Waals surface area contributed by atoms with Crippen LogP contribution in [-0.2, 0) is 13.1 Å². The Labute approximate surface area is 359 Å². The summed E-state index contributed by atoms with van der Waals surface area (Å²) in [5, 5.41) is 0. The number of nitrogens with zero attached hydrogens (tertiary/aromatic N) is 2. The predicted molar refractivity (Wildman–Crippen MR) is 252 cm³/mol. The summed E-state index contributed by atoms with van der Waals surface area (Å²) in [7, 11) is 0. The molecule has 4 heteroatoms. The SMILES string of the molecule is CCCCCCCCCCCCCCCC[n+]1ccc(SCCCCCCCCCCSc2cc[n+](CCCCCCCCCCCCCCCC)cc2)cc1. The van der Waals surface area contributed by atoms with Gasteiger partial charge in [0.05, 0.1) is 0 Å².